The van der Waals surface area contributed by atoms with E-state index in [1.54, 1.807) is 127 Å². The zero-order valence-corrected chi connectivity index (χ0v) is 48.4. The number of nitrogens with zero attached hydrogens (tertiary/aromatic N) is 4. The highest BCUT2D eigenvalue weighted by molar-refractivity contribution is 7.39. The van der Waals surface area contributed by atoms with Crippen LogP contribution in [0, 0.1) is 50.7 Å². The van der Waals surface area contributed by atoms with Gasteiger partial charge in [0.15, 0.2) is 23.1 Å². The topological polar surface area (TPSA) is 269 Å². The second kappa shape index (κ2) is 22.4. The fourth-order valence-electron chi connectivity index (χ4n) is 11.6. The smallest absolute Gasteiger partial charge is 0.333 e. The summed E-state index contributed by atoms with van der Waals surface area (Å²) in [5.74, 6) is -8.21. The molecule has 19 heteroatoms. The van der Waals surface area contributed by atoms with Gasteiger partial charge in [-0.2, -0.15) is 21.0 Å². The SMILES string of the molecule is N#Cc1cc2c(cc1C#N)C(=O)C(=CC1=CC3=C(c4sc5c(sc6cc(C=C7C(=O)c8cc(C#N)c(C#N)cc8C7=O)sc65)c4C3(C(=O)OCc3ccccc3)C(=O)OCc3ccccc3)C1(C(=O)OCc1ccccc1)C(=O)OCc1ccccc1)C2=O. The summed E-state index contributed by atoms with van der Waals surface area (Å²) in [6.45, 7) is -1.69. The first-order valence-electron chi connectivity index (χ1n) is 27.1. The largest absolute Gasteiger partial charge is 0.459 e. The van der Waals surface area contributed by atoms with Crippen molar-refractivity contribution in [2.24, 2.45) is 5.41 Å². The van der Waals surface area contributed by atoms with E-state index in [0.29, 0.717) is 45.9 Å². The molecule has 0 amide bonds. The van der Waals surface area contributed by atoms with Gasteiger partial charge in [0.1, 0.15) is 50.7 Å². The molecule has 6 aromatic carbocycles. The zero-order valence-electron chi connectivity index (χ0n) is 45.9. The number of hydrogen-bond donors (Lipinski definition) is 0. The molecular formula is C70H36N4O12S3. The van der Waals surface area contributed by atoms with Crippen LogP contribution in [0.25, 0.3) is 30.4 Å². The molecule has 9 aromatic rings. The van der Waals surface area contributed by atoms with Crippen molar-refractivity contribution >= 4 is 111 Å². The first-order valence-corrected chi connectivity index (χ1v) is 29.6. The molecule has 4 aliphatic rings. The standard InChI is InChI=1S/C70H36N4O12S3/c71-29-41-21-47-48(22-42(41)30-72)58(76)51(57(47)75)25-45-26-53-55(69(45,65(79)83-33-37-13-5-1-6-14-37)66(80)84-34-38-15-7-2-8-16-38)62-56(70(53,67(81)85-35-39-17-9-3-10-18-39)68(82)86-36-40-19-11-4-12-20-40)63-64(89-62)61-54(88-63)28-46(87-61)27-52-59(77)49-23-43(31-73)44(32-74)24-50(49)60(52)78/h1-28H,33-36H2. The molecule has 426 valence electrons. The molecule has 3 aromatic heterocycles. The van der Waals surface area contributed by atoms with Gasteiger partial charge >= 0.3 is 23.9 Å². The maximum atomic E-state index is 16.2. The van der Waals surface area contributed by atoms with E-state index in [9.17, 15) is 40.2 Å². The molecule has 0 spiro atoms. The number of fused-ring (bicyclic) bond motifs is 8. The molecule has 4 aliphatic carbocycles. The van der Waals surface area contributed by atoms with Crippen LogP contribution in [0.3, 0.4) is 0 Å². The van der Waals surface area contributed by atoms with Gasteiger partial charge < -0.3 is 18.9 Å². The van der Waals surface area contributed by atoms with Gasteiger partial charge in [-0.25, -0.2) is 0 Å². The van der Waals surface area contributed by atoms with Crippen LogP contribution in [-0.4, -0.2) is 47.0 Å². The summed E-state index contributed by atoms with van der Waals surface area (Å²) in [7, 11) is 0. The molecule has 0 fully saturated rings. The monoisotopic (exact) mass is 1220 g/mol. The minimum absolute atomic E-state index is 0.0191. The van der Waals surface area contributed by atoms with Gasteiger partial charge in [-0.3, -0.25) is 38.4 Å². The number of rotatable bonds is 14. The second-order valence-electron chi connectivity index (χ2n) is 20.8. The molecule has 13 rings (SSSR count). The Morgan fingerprint density at radius 3 is 1.16 bits per heavy atom. The summed E-state index contributed by atoms with van der Waals surface area (Å²) < 4.78 is 26.9. The molecule has 0 unspecified atom stereocenters. The van der Waals surface area contributed by atoms with E-state index in [1.807, 2.05) is 24.3 Å². The molecule has 3 heterocycles. The van der Waals surface area contributed by atoms with E-state index in [1.165, 1.54) is 24.3 Å². The van der Waals surface area contributed by atoms with Crippen molar-refractivity contribution in [2.45, 2.75) is 31.8 Å². The number of carbonyl (C=O) groups is 8. The Balaban J connectivity index is 1.07. The fraction of sp³-hybridized carbons (Fsp3) is 0.0857. The Kier molecular flexibility index (Phi) is 14.2. The van der Waals surface area contributed by atoms with Gasteiger partial charge in [0.25, 0.3) is 0 Å². The third-order valence-corrected chi connectivity index (χ3v) is 19.7. The number of allylic oxidation sites excluding steroid dienone is 4. The summed E-state index contributed by atoms with van der Waals surface area (Å²) in [4.78, 5) is 123. The van der Waals surface area contributed by atoms with Crippen molar-refractivity contribution in [3.8, 4) is 24.3 Å². The summed E-state index contributed by atoms with van der Waals surface area (Å²) in [6, 6.07) is 48.1. The second-order valence-corrected chi connectivity index (χ2v) is 24.0. The van der Waals surface area contributed by atoms with Gasteiger partial charge in [-0.15, -0.1) is 34.0 Å². The number of esters is 4. The molecule has 0 radical (unpaired) electrons. The van der Waals surface area contributed by atoms with E-state index in [0.717, 1.165) is 52.2 Å². The summed E-state index contributed by atoms with van der Waals surface area (Å²) in [5.41, 5.74) is -6.67. The Morgan fingerprint density at radius 1 is 0.427 bits per heavy atom. The van der Waals surface area contributed by atoms with Gasteiger partial charge in [-0.1, -0.05) is 127 Å². The predicted molar refractivity (Wildman–Crippen MR) is 324 cm³/mol. The van der Waals surface area contributed by atoms with Gasteiger partial charge in [0.2, 0.25) is 10.8 Å². The lowest BCUT2D eigenvalue weighted by Gasteiger charge is -2.30. The molecule has 0 bridgehead atoms. The van der Waals surface area contributed by atoms with Crippen LogP contribution in [0.1, 0.15) is 101 Å². The van der Waals surface area contributed by atoms with Crippen molar-refractivity contribution in [2.75, 3.05) is 0 Å². The van der Waals surface area contributed by atoms with Crippen molar-refractivity contribution in [3.05, 3.63) is 268 Å². The van der Waals surface area contributed by atoms with Crippen LogP contribution in [-0.2, 0) is 70.0 Å². The van der Waals surface area contributed by atoms with Crippen LogP contribution in [0.5, 0.6) is 0 Å². The predicted octanol–water partition coefficient (Wildman–Crippen LogP) is 12.0. The average molecular weight is 1220 g/mol. The first-order chi connectivity index (χ1) is 43.2. The number of nitriles is 4. The molecule has 0 saturated heterocycles. The third kappa shape index (κ3) is 9.04. The number of thiophene rings is 3. The highest BCUT2D eigenvalue weighted by atomic mass is 32.1. The lowest BCUT2D eigenvalue weighted by molar-refractivity contribution is -0.167. The fourth-order valence-corrected chi connectivity index (χ4v) is 16.0. The minimum atomic E-state index is -2.92. The summed E-state index contributed by atoms with van der Waals surface area (Å²) in [6.07, 6.45) is 3.65. The van der Waals surface area contributed by atoms with Gasteiger partial charge in [0, 0.05) is 47.8 Å². The molecule has 16 nitrogen and oxygen atoms in total. The number of benzene rings is 6. The normalized spacial score (nSPS) is 14.6. The molecule has 0 saturated carbocycles. The number of ether oxygens (including phenoxy) is 4. The van der Waals surface area contributed by atoms with Crippen LogP contribution in [0.2, 0.25) is 0 Å². The number of ketones is 4. The average Bonchev–Trinajstić information content (AvgIpc) is 1.49. The molecule has 0 atom stereocenters. The van der Waals surface area contributed by atoms with E-state index < -0.39 is 95.4 Å². The highest BCUT2D eigenvalue weighted by Crippen LogP contribution is 2.67. The molecular weight excluding hydrogens is 1180 g/mol. The maximum Gasteiger partial charge on any atom is 0.333 e. The van der Waals surface area contributed by atoms with E-state index >= 15 is 19.2 Å². The van der Waals surface area contributed by atoms with Gasteiger partial charge in [0.05, 0.1) is 47.5 Å². The maximum absolute atomic E-state index is 16.2. The molecule has 0 N–H and O–H groups in total. The Bertz CT molecular complexity index is 4780. The zero-order chi connectivity index (χ0) is 61.9. The third-order valence-electron chi connectivity index (χ3n) is 15.8. The van der Waals surface area contributed by atoms with Crippen molar-refractivity contribution in [3.63, 3.8) is 0 Å². The van der Waals surface area contributed by atoms with Crippen LogP contribution < -0.4 is 0 Å². The first kappa shape index (κ1) is 56.5. The molecule has 89 heavy (non-hydrogen) atoms. The highest BCUT2D eigenvalue weighted by Gasteiger charge is 2.70. The lowest BCUT2D eigenvalue weighted by Crippen LogP contribution is -2.46. The number of carbonyl (C=O) groups excluding carboxylic acids is 8. The molecule has 0 aliphatic heterocycles. The van der Waals surface area contributed by atoms with E-state index in [4.69, 9.17) is 18.9 Å². The van der Waals surface area contributed by atoms with Crippen LogP contribution in [0.15, 0.2) is 186 Å². The van der Waals surface area contributed by atoms with Crippen molar-refractivity contribution < 1.29 is 57.3 Å². The quantitative estimate of drug-likeness (QED) is 0.0322. The van der Waals surface area contributed by atoms with E-state index in [-0.39, 0.29) is 71.7 Å². The van der Waals surface area contributed by atoms with Crippen molar-refractivity contribution in [1.82, 2.24) is 0 Å². The Hall–Kier alpha value is -11.6. The summed E-state index contributed by atoms with van der Waals surface area (Å²) >= 11 is 3.26. The Morgan fingerprint density at radius 2 is 0.787 bits per heavy atom. The van der Waals surface area contributed by atoms with Gasteiger partial charge in [-0.05, 0) is 75.9 Å². The lowest BCUT2D eigenvalue weighted by atomic mass is 9.75. The number of hydrogen-bond acceptors (Lipinski definition) is 19. The minimum Gasteiger partial charge on any atom is -0.459 e. The van der Waals surface area contributed by atoms with Crippen LogP contribution >= 0.6 is 34.0 Å². The summed E-state index contributed by atoms with van der Waals surface area (Å²) in [5, 5.41) is 39.4. The Labute approximate surface area is 516 Å². The van der Waals surface area contributed by atoms with E-state index in [2.05, 4.69) is 0 Å². The van der Waals surface area contributed by atoms with Crippen LogP contribution in [0.4, 0.5) is 0 Å². The number of Topliss-reactive ketones (excluding diaryl/α,β-unsaturated/α-hetero) is 4. The van der Waals surface area contributed by atoms with Crippen molar-refractivity contribution in [1.29, 1.82) is 21.0 Å².